The van der Waals surface area contributed by atoms with Gasteiger partial charge in [-0.05, 0) is 24.8 Å². The second kappa shape index (κ2) is 2.16. The molecule has 0 spiro atoms. The van der Waals surface area contributed by atoms with Crippen LogP contribution < -0.4 is 5.32 Å². The van der Waals surface area contributed by atoms with Crippen LogP contribution in [-0.4, -0.2) is 3.67 Å². The maximum atomic E-state index is 3.07. The molecule has 1 aliphatic rings. The highest BCUT2D eigenvalue weighted by molar-refractivity contribution is 14.2. The Balaban J connectivity index is 2.78. The van der Waals surface area contributed by atoms with Gasteiger partial charge in [0, 0.05) is 12.4 Å². The van der Waals surface area contributed by atoms with Gasteiger partial charge in [0.25, 0.3) is 0 Å². The lowest BCUT2D eigenvalue weighted by Gasteiger charge is -1.84. The molecule has 1 aliphatic heterocycles. The van der Waals surface area contributed by atoms with E-state index in [2.05, 4.69) is 13.1 Å². The van der Waals surface area contributed by atoms with Crippen LogP contribution in [0, 0.1) is 0 Å². The third-order valence-corrected chi connectivity index (χ3v) is 1.81. The summed E-state index contributed by atoms with van der Waals surface area (Å²) in [5.41, 5.74) is 0. The van der Waals surface area contributed by atoms with E-state index < -0.39 is 0 Å². The van der Waals surface area contributed by atoms with E-state index in [0.29, 0.717) is 0 Å². The van der Waals surface area contributed by atoms with Crippen molar-refractivity contribution >= 4 is 24.4 Å². The van der Waals surface area contributed by atoms with Crippen LogP contribution >= 0.6 is 20.7 Å². The van der Waals surface area contributed by atoms with Gasteiger partial charge in [0.15, 0.2) is 0 Å². The fourth-order valence-electron chi connectivity index (χ4n) is 0.215. The van der Waals surface area contributed by atoms with Crippen LogP contribution in [-0.2, 0) is 0 Å². The minimum Gasteiger partial charge on any atom is -0.360 e. The molecular weight excluding hydrogens is 189 g/mol. The van der Waals surface area contributed by atoms with Crippen molar-refractivity contribution in [3.05, 3.63) is 16.5 Å². The Bertz CT molecular complexity index is 120. The number of rotatable bonds is 0. The first-order chi connectivity index (χ1) is 3.00. The highest BCUT2D eigenvalue weighted by Gasteiger charge is 1.65. The van der Waals surface area contributed by atoms with Crippen molar-refractivity contribution in [2.75, 3.05) is 0 Å². The van der Waals surface area contributed by atoms with Gasteiger partial charge in [0.1, 0.15) is 0 Å². The summed E-state index contributed by atoms with van der Waals surface area (Å²) < 4.78 is 5.20. The highest BCUT2D eigenvalue weighted by atomic mass is 127. The van der Waals surface area contributed by atoms with E-state index in [9.17, 15) is 0 Å². The predicted molar refractivity (Wildman–Crippen MR) is 35.9 cm³/mol. The Morgan fingerprint density at radius 2 is 2.67 bits per heavy atom. The van der Waals surface area contributed by atoms with Gasteiger partial charge in [-0.3, -0.25) is 0 Å². The quantitative estimate of drug-likeness (QED) is 0.564. The molecule has 0 atom stereocenters. The monoisotopic (exact) mass is 193 g/mol. The molecule has 1 rings (SSSR count). The maximum absolute atomic E-state index is 3.07. The van der Waals surface area contributed by atoms with Crippen LogP contribution in [0.25, 0.3) is 0 Å². The minimum atomic E-state index is 0.166. The Kier molecular flexibility index (Phi) is 1.47. The fourth-order valence-corrected chi connectivity index (χ4v) is 1.17. The van der Waals surface area contributed by atoms with Crippen LogP contribution in [0.5, 0.6) is 0 Å². The van der Waals surface area contributed by atoms with E-state index in [1.165, 1.54) is 0 Å². The molecule has 0 saturated heterocycles. The molecule has 0 aliphatic carbocycles. The zero-order chi connectivity index (χ0) is 4.24. The zero-order valence-corrected chi connectivity index (χ0v) is 5.27. The first kappa shape index (κ1) is 4.09. The molecule has 0 aromatic rings. The van der Waals surface area contributed by atoms with Gasteiger partial charge in [-0.25, -0.2) is 0 Å². The molecule has 2 heteroatoms. The second-order valence-electron chi connectivity index (χ2n) is 0.822. The molecule has 0 unspecified atom stereocenters. The zero-order valence-electron chi connectivity index (χ0n) is 3.11. The second-order valence-corrected chi connectivity index (χ2v) is 2.79. The van der Waals surface area contributed by atoms with Crippen molar-refractivity contribution in [3.63, 3.8) is 0 Å². The average Bonchev–Trinajstić information content (AvgIpc) is 1.72. The fraction of sp³-hybridized carbons (Fsp3) is 0. The average molecular weight is 193 g/mol. The largest absolute Gasteiger partial charge is 0.360 e. The van der Waals surface area contributed by atoms with Crippen LogP contribution in [0.2, 0.25) is 0 Å². The van der Waals surface area contributed by atoms with Crippen molar-refractivity contribution < 1.29 is 0 Å². The standard InChI is InChI=1S/C4H4IN/c1-3-6-4-2-5-1/h1,3-4,6H. The van der Waals surface area contributed by atoms with Crippen LogP contribution in [0.4, 0.5) is 0 Å². The summed E-state index contributed by atoms with van der Waals surface area (Å²) in [6.07, 6.45) is 3.80. The van der Waals surface area contributed by atoms with E-state index in [1.807, 2.05) is 12.4 Å². The summed E-state index contributed by atoms with van der Waals surface area (Å²) in [5, 5.41) is 2.90. The lowest BCUT2D eigenvalue weighted by atomic mass is 10.9. The van der Waals surface area contributed by atoms with Crippen molar-refractivity contribution in [1.29, 1.82) is 0 Å². The molecule has 0 saturated carbocycles. The molecule has 0 aromatic carbocycles. The predicted octanol–water partition coefficient (Wildman–Crippen LogP) is 0.946. The molecule has 0 amide bonds. The molecular formula is C4H4IN. The number of nitrogens with one attached hydrogen (secondary N) is 1. The van der Waals surface area contributed by atoms with E-state index in [-0.39, 0.29) is 20.7 Å². The van der Waals surface area contributed by atoms with Crippen molar-refractivity contribution in [3.8, 4) is 0 Å². The summed E-state index contributed by atoms with van der Waals surface area (Å²) in [5.74, 6) is 0. The van der Waals surface area contributed by atoms with E-state index >= 15 is 0 Å². The molecule has 0 aromatic heterocycles. The molecule has 0 fully saturated rings. The highest BCUT2D eigenvalue weighted by Crippen LogP contribution is 1.94. The molecule has 6 heavy (non-hydrogen) atoms. The lowest BCUT2D eigenvalue weighted by molar-refractivity contribution is 1.22. The van der Waals surface area contributed by atoms with E-state index in [1.54, 1.807) is 0 Å². The maximum Gasteiger partial charge on any atom is 0.0497 e. The molecule has 0 radical (unpaired) electrons. The number of hydrogen-bond donors (Lipinski definition) is 1. The minimum absolute atomic E-state index is 0.166. The molecule has 1 heterocycles. The van der Waals surface area contributed by atoms with Gasteiger partial charge < -0.3 is 5.32 Å². The Hall–Kier alpha value is -0.0800. The number of hydrogen-bond acceptors (Lipinski definition) is 1. The van der Waals surface area contributed by atoms with Gasteiger partial charge in [-0.2, -0.15) is 0 Å². The SMILES string of the molecule is C1=CNC=CI=1. The van der Waals surface area contributed by atoms with Crippen molar-refractivity contribution in [2.24, 2.45) is 0 Å². The van der Waals surface area contributed by atoms with Gasteiger partial charge in [0.05, 0.1) is 0 Å². The Morgan fingerprint density at radius 3 is 2.83 bits per heavy atom. The smallest absolute Gasteiger partial charge is 0.0497 e. The normalized spacial score (nSPS) is 16.0. The lowest BCUT2D eigenvalue weighted by Crippen LogP contribution is -1.90. The summed E-state index contributed by atoms with van der Waals surface area (Å²) in [6.45, 7) is 0. The van der Waals surface area contributed by atoms with Gasteiger partial charge in [-0.15, -0.1) is 0 Å². The van der Waals surface area contributed by atoms with E-state index in [4.69, 9.17) is 0 Å². The van der Waals surface area contributed by atoms with Gasteiger partial charge in [-0.1, -0.05) is 3.67 Å². The first-order valence-electron chi connectivity index (χ1n) is 1.61. The van der Waals surface area contributed by atoms with Crippen LogP contribution in [0.1, 0.15) is 0 Å². The summed E-state index contributed by atoms with van der Waals surface area (Å²) in [7, 11) is 0. The molecule has 32 valence electrons. The number of halogens is 1. The molecule has 1 nitrogen and oxygen atoms in total. The molecule has 0 bridgehead atoms. The van der Waals surface area contributed by atoms with Gasteiger partial charge in [0.2, 0.25) is 0 Å². The third kappa shape index (κ3) is 0.954. The van der Waals surface area contributed by atoms with Crippen LogP contribution in [0.15, 0.2) is 16.5 Å². The Labute approximate surface area is 46.5 Å². The van der Waals surface area contributed by atoms with Crippen molar-refractivity contribution in [2.45, 2.75) is 0 Å². The third-order valence-electron chi connectivity index (χ3n) is 0.423. The van der Waals surface area contributed by atoms with Crippen molar-refractivity contribution in [1.82, 2.24) is 5.32 Å². The van der Waals surface area contributed by atoms with Crippen LogP contribution in [0.3, 0.4) is 0 Å². The first-order valence-corrected chi connectivity index (χ1v) is 3.93. The van der Waals surface area contributed by atoms with Gasteiger partial charge >= 0.3 is 0 Å². The Morgan fingerprint density at radius 1 is 1.67 bits per heavy atom. The molecule has 1 N–H and O–H groups in total. The van der Waals surface area contributed by atoms with E-state index in [0.717, 1.165) is 0 Å². The summed E-state index contributed by atoms with van der Waals surface area (Å²) >= 11 is 0.166. The summed E-state index contributed by atoms with van der Waals surface area (Å²) in [4.78, 5) is 0. The summed E-state index contributed by atoms with van der Waals surface area (Å²) in [6, 6.07) is 0. The topological polar surface area (TPSA) is 12.0 Å².